The number of alkyl halides is 1. The van der Waals surface area contributed by atoms with Crippen LogP contribution in [0.4, 0.5) is 0 Å². The molecule has 0 aliphatic heterocycles. The Hall–Kier alpha value is -2.71. The molecule has 0 saturated heterocycles. The topological polar surface area (TPSA) is 105 Å². The Kier molecular flexibility index (Phi) is 16.3. The van der Waals surface area contributed by atoms with Crippen molar-refractivity contribution in [3.05, 3.63) is 0 Å². The summed E-state index contributed by atoms with van der Waals surface area (Å²) in [5.41, 5.74) is -1.65. The van der Waals surface area contributed by atoms with Gasteiger partial charge in [0.25, 0.3) is 0 Å². The van der Waals surface area contributed by atoms with Gasteiger partial charge in [-0.3, -0.25) is 19.2 Å². The number of ether oxygens (including phenoxy) is 4. The van der Waals surface area contributed by atoms with E-state index in [1.54, 1.807) is 27.7 Å². The lowest BCUT2D eigenvalue weighted by Crippen LogP contribution is -2.42. The summed E-state index contributed by atoms with van der Waals surface area (Å²) in [4.78, 5) is 49.8. The maximum absolute atomic E-state index is 12.8. The largest absolute Gasteiger partial charge is 0.465 e. The first-order valence-corrected chi connectivity index (χ1v) is 11.5. The molecule has 0 heterocycles. The summed E-state index contributed by atoms with van der Waals surface area (Å²) in [7, 11) is 0. The van der Waals surface area contributed by atoms with Crippen molar-refractivity contribution in [3.8, 4) is 23.7 Å². The van der Waals surface area contributed by atoms with Gasteiger partial charge < -0.3 is 18.9 Å². The Morgan fingerprint density at radius 1 is 0.758 bits per heavy atom. The Balaban J connectivity index is 5.78. The van der Waals surface area contributed by atoms with Crippen LogP contribution in [0.25, 0.3) is 0 Å². The van der Waals surface area contributed by atoms with Crippen molar-refractivity contribution in [2.75, 3.05) is 32.3 Å². The van der Waals surface area contributed by atoms with Crippen molar-refractivity contribution in [2.24, 2.45) is 11.3 Å². The Morgan fingerprint density at radius 2 is 1.27 bits per heavy atom. The Bertz CT molecular complexity index is 733. The van der Waals surface area contributed by atoms with E-state index in [-0.39, 0.29) is 51.6 Å². The van der Waals surface area contributed by atoms with Crippen LogP contribution in [0, 0.1) is 35.0 Å². The number of carbonyl (C=O) groups is 4. The summed E-state index contributed by atoms with van der Waals surface area (Å²) >= 11 is 5.54. The number of esters is 4. The van der Waals surface area contributed by atoms with Crippen molar-refractivity contribution in [3.63, 3.8) is 0 Å². The predicted molar refractivity (Wildman–Crippen MR) is 122 cm³/mol. The molecule has 0 fully saturated rings. The molecule has 0 saturated carbocycles. The van der Waals surface area contributed by atoms with Crippen LogP contribution in [0.1, 0.15) is 59.8 Å². The van der Waals surface area contributed by atoms with E-state index < -0.39 is 35.2 Å². The molecule has 0 aromatic heterocycles. The van der Waals surface area contributed by atoms with Gasteiger partial charge in [0.2, 0.25) is 0 Å². The predicted octanol–water partition coefficient (Wildman–Crippen LogP) is 3.04. The van der Waals surface area contributed by atoms with Gasteiger partial charge in [-0.2, -0.15) is 0 Å². The maximum atomic E-state index is 12.8. The van der Waals surface area contributed by atoms with Crippen LogP contribution >= 0.6 is 11.6 Å². The number of unbranched alkanes of at least 4 members (excludes halogenated alkanes) is 1. The SMILES string of the molecule is CCOC(=O)C(CC#CCC(CCCC#CCCl)(C(=O)OCC)C(=O)OCC)C(=O)OCC. The monoisotopic (exact) mass is 484 g/mol. The molecule has 0 rings (SSSR count). The van der Waals surface area contributed by atoms with Crippen molar-refractivity contribution in [2.45, 2.75) is 59.8 Å². The van der Waals surface area contributed by atoms with Crippen LogP contribution in [0.15, 0.2) is 0 Å². The van der Waals surface area contributed by atoms with Gasteiger partial charge in [0.1, 0.15) is 0 Å². The number of carbonyl (C=O) groups excluding carboxylic acids is 4. The molecule has 0 N–H and O–H groups in total. The number of rotatable bonds is 13. The van der Waals surface area contributed by atoms with E-state index in [2.05, 4.69) is 23.7 Å². The summed E-state index contributed by atoms with van der Waals surface area (Å²) < 4.78 is 20.2. The molecule has 0 radical (unpaired) electrons. The second-order valence-corrected chi connectivity index (χ2v) is 6.92. The van der Waals surface area contributed by atoms with Crippen molar-refractivity contribution < 1.29 is 38.1 Å². The molecular weight excluding hydrogens is 452 g/mol. The van der Waals surface area contributed by atoms with Crippen LogP contribution < -0.4 is 0 Å². The van der Waals surface area contributed by atoms with Crippen molar-refractivity contribution in [1.82, 2.24) is 0 Å². The van der Waals surface area contributed by atoms with Gasteiger partial charge in [-0.15, -0.1) is 29.4 Å². The zero-order valence-electron chi connectivity index (χ0n) is 19.8. The highest BCUT2D eigenvalue weighted by Crippen LogP contribution is 2.32. The first-order valence-electron chi connectivity index (χ1n) is 11.0. The van der Waals surface area contributed by atoms with Crippen molar-refractivity contribution in [1.29, 1.82) is 0 Å². The first kappa shape index (κ1) is 30.3. The molecule has 0 aromatic rings. The van der Waals surface area contributed by atoms with E-state index in [0.29, 0.717) is 12.8 Å². The molecule has 0 unspecified atom stereocenters. The fourth-order valence-electron chi connectivity index (χ4n) is 2.81. The average molecular weight is 485 g/mol. The molecule has 33 heavy (non-hydrogen) atoms. The Morgan fingerprint density at radius 3 is 1.73 bits per heavy atom. The molecule has 0 bridgehead atoms. The molecule has 0 aromatic carbocycles. The molecule has 0 atom stereocenters. The number of halogens is 1. The van der Waals surface area contributed by atoms with Gasteiger partial charge in [-0.1, -0.05) is 5.92 Å². The van der Waals surface area contributed by atoms with Gasteiger partial charge in [-0.05, 0) is 40.5 Å². The highest BCUT2D eigenvalue weighted by Gasteiger charge is 2.47. The summed E-state index contributed by atoms with van der Waals surface area (Å²) in [5, 5.41) is 0. The molecule has 0 amide bonds. The van der Waals surface area contributed by atoms with E-state index in [4.69, 9.17) is 30.5 Å². The van der Waals surface area contributed by atoms with E-state index in [9.17, 15) is 19.2 Å². The fraction of sp³-hybridized carbons (Fsp3) is 0.667. The van der Waals surface area contributed by atoms with Gasteiger partial charge >= 0.3 is 23.9 Å². The molecule has 0 spiro atoms. The summed E-state index contributed by atoms with van der Waals surface area (Å²) in [6, 6.07) is 0. The van der Waals surface area contributed by atoms with Gasteiger partial charge in [0.05, 0.1) is 32.3 Å². The zero-order valence-corrected chi connectivity index (χ0v) is 20.5. The highest BCUT2D eigenvalue weighted by atomic mass is 35.5. The second kappa shape index (κ2) is 17.8. The average Bonchev–Trinajstić information content (AvgIpc) is 2.78. The molecule has 8 nitrogen and oxygen atoms in total. The summed E-state index contributed by atoms with van der Waals surface area (Å²) in [6.45, 7) is 6.86. The lowest BCUT2D eigenvalue weighted by molar-refractivity contribution is -0.172. The number of hydrogen-bond donors (Lipinski definition) is 0. The fourth-order valence-corrected chi connectivity index (χ4v) is 2.90. The van der Waals surface area contributed by atoms with E-state index >= 15 is 0 Å². The molecule has 0 aliphatic rings. The van der Waals surface area contributed by atoms with Crippen LogP contribution in [0.5, 0.6) is 0 Å². The van der Waals surface area contributed by atoms with Gasteiger partial charge in [0.15, 0.2) is 11.3 Å². The third-order valence-corrected chi connectivity index (χ3v) is 4.53. The third-order valence-electron chi connectivity index (χ3n) is 4.39. The molecule has 184 valence electrons. The normalized spacial score (nSPS) is 10.2. The molecular formula is C24H33ClO8. The van der Waals surface area contributed by atoms with Crippen LogP contribution in [0.3, 0.4) is 0 Å². The maximum Gasteiger partial charge on any atom is 0.324 e. The first-order chi connectivity index (χ1) is 15.8. The van der Waals surface area contributed by atoms with Gasteiger partial charge in [-0.25, -0.2) is 0 Å². The van der Waals surface area contributed by atoms with Crippen LogP contribution in [-0.4, -0.2) is 56.2 Å². The zero-order chi connectivity index (χ0) is 25.1. The van der Waals surface area contributed by atoms with Gasteiger partial charge in [0, 0.05) is 19.3 Å². The van der Waals surface area contributed by atoms with E-state index in [0.717, 1.165) is 0 Å². The standard InChI is InChI=1S/C24H33ClO8/c1-5-30-20(26)19(21(27)31-6-2)15-11-13-17-24(22(28)32-7-3,23(29)33-8-4)16-12-9-10-14-18-25/h19H,5-9,12,15-18H2,1-4H3. The molecule has 9 heteroatoms. The van der Waals surface area contributed by atoms with Crippen LogP contribution in [0.2, 0.25) is 0 Å². The van der Waals surface area contributed by atoms with E-state index in [1.807, 2.05) is 0 Å². The second-order valence-electron chi connectivity index (χ2n) is 6.65. The van der Waals surface area contributed by atoms with E-state index in [1.165, 1.54) is 0 Å². The lowest BCUT2D eigenvalue weighted by atomic mass is 9.79. The lowest BCUT2D eigenvalue weighted by Gasteiger charge is -2.27. The Labute approximate surface area is 201 Å². The number of hydrogen-bond acceptors (Lipinski definition) is 8. The summed E-state index contributed by atoms with van der Waals surface area (Å²) in [6.07, 6.45) is 0.564. The minimum atomic E-state index is -1.65. The third kappa shape index (κ3) is 10.6. The van der Waals surface area contributed by atoms with Crippen LogP contribution in [-0.2, 0) is 38.1 Å². The molecule has 0 aliphatic carbocycles. The van der Waals surface area contributed by atoms with Crippen molar-refractivity contribution >= 4 is 35.5 Å². The minimum Gasteiger partial charge on any atom is -0.465 e. The summed E-state index contributed by atoms with van der Waals surface area (Å²) in [5.74, 6) is 7.04. The minimum absolute atomic E-state index is 0.0766. The highest BCUT2D eigenvalue weighted by molar-refractivity contribution is 6.19. The smallest absolute Gasteiger partial charge is 0.324 e. The quantitative estimate of drug-likeness (QED) is 0.0980.